The maximum atomic E-state index is 13.1. The number of anilines is 1. The zero-order valence-electron chi connectivity index (χ0n) is 17.2. The van der Waals surface area contributed by atoms with Crippen LogP contribution in [0.5, 0.6) is 5.75 Å². The zero-order chi connectivity index (χ0) is 23.3. The number of carbonyl (C=O) groups excluding carboxylic acids is 3. The SMILES string of the molecule is COc1ccc(CCN(C(=O)C=CC(=O)O)C2CC(=O)N(c3ccc(Cl)cc3)C2=O)cc1. The van der Waals surface area contributed by atoms with Crippen molar-refractivity contribution >= 4 is 41.0 Å². The summed E-state index contributed by atoms with van der Waals surface area (Å²) in [6.45, 7) is 0.118. The van der Waals surface area contributed by atoms with Crippen molar-refractivity contribution in [3.05, 3.63) is 71.3 Å². The summed E-state index contributed by atoms with van der Waals surface area (Å²) in [7, 11) is 1.55. The van der Waals surface area contributed by atoms with Gasteiger partial charge in [0, 0.05) is 23.7 Å². The topological polar surface area (TPSA) is 104 Å². The number of hydrogen-bond donors (Lipinski definition) is 1. The second-order valence-corrected chi connectivity index (χ2v) is 7.50. The van der Waals surface area contributed by atoms with Crippen LogP contribution in [0.4, 0.5) is 5.69 Å². The molecule has 1 aliphatic rings. The number of imide groups is 1. The van der Waals surface area contributed by atoms with E-state index in [4.69, 9.17) is 21.4 Å². The van der Waals surface area contributed by atoms with E-state index in [1.54, 1.807) is 43.5 Å². The van der Waals surface area contributed by atoms with Gasteiger partial charge in [-0.2, -0.15) is 0 Å². The highest BCUT2D eigenvalue weighted by molar-refractivity contribution is 6.31. The van der Waals surface area contributed by atoms with Crippen molar-refractivity contribution < 1.29 is 29.0 Å². The van der Waals surface area contributed by atoms with Crippen molar-refractivity contribution in [3.63, 3.8) is 0 Å². The number of amides is 3. The second kappa shape index (κ2) is 10.1. The molecule has 3 amide bonds. The van der Waals surface area contributed by atoms with Crippen LogP contribution in [0.3, 0.4) is 0 Å². The maximum absolute atomic E-state index is 13.1. The van der Waals surface area contributed by atoms with Gasteiger partial charge in [-0.1, -0.05) is 23.7 Å². The number of carboxylic acids is 1. The molecule has 1 aliphatic heterocycles. The third kappa shape index (κ3) is 5.33. The molecule has 2 aromatic carbocycles. The highest BCUT2D eigenvalue weighted by atomic mass is 35.5. The zero-order valence-corrected chi connectivity index (χ0v) is 18.0. The van der Waals surface area contributed by atoms with E-state index in [-0.39, 0.29) is 13.0 Å². The Balaban J connectivity index is 1.83. The number of hydrogen-bond acceptors (Lipinski definition) is 5. The highest BCUT2D eigenvalue weighted by Gasteiger charge is 2.43. The van der Waals surface area contributed by atoms with E-state index in [1.807, 2.05) is 12.1 Å². The number of aliphatic carboxylic acids is 1. The van der Waals surface area contributed by atoms with Gasteiger partial charge in [-0.15, -0.1) is 0 Å². The van der Waals surface area contributed by atoms with Crippen LogP contribution in [0.15, 0.2) is 60.7 Å². The molecule has 8 nitrogen and oxygen atoms in total. The molecule has 166 valence electrons. The Bertz CT molecular complexity index is 1050. The van der Waals surface area contributed by atoms with E-state index in [0.29, 0.717) is 29.0 Å². The third-order valence-corrected chi connectivity index (χ3v) is 5.29. The lowest BCUT2D eigenvalue weighted by molar-refractivity contribution is -0.135. The Kier molecular flexibility index (Phi) is 7.27. The standard InChI is InChI=1S/C23H21ClN2O6/c1-32-18-8-2-15(3-9-18)12-13-25(20(27)10-11-22(29)30)19-14-21(28)26(23(19)31)17-6-4-16(24)5-7-17/h2-11,19H,12-14H2,1H3,(H,29,30). The van der Waals surface area contributed by atoms with Gasteiger partial charge in [0.2, 0.25) is 11.8 Å². The van der Waals surface area contributed by atoms with Crippen LogP contribution < -0.4 is 9.64 Å². The fourth-order valence-corrected chi connectivity index (χ4v) is 3.55. The summed E-state index contributed by atoms with van der Waals surface area (Å²) in [6.07, 6.45) is 1.80. The number of halogens is 1. The predicted octanol–water partition coefficient (Wildman–Crippen LogP) is 2.69. The maximum Gasteiger partial charge on any atom is 0.328 e. The number of nitrogens with zero attached hydrogens (tertiary/aromatic N) is 2. The van der Waals surface area contributed by atoms with Crippen molar-refractivity contribution in [1.82, 2.24) is 4.90 Å². The van der Waals surface area contributed by atoms with Gasteiger partial charge in [-0.05, 0) is 48.4 Å². The first-order chi connectivity index (χ1) is 15.3. The first kappa shape index (κ1) is 23.0. The summed E-state index contributed by atoms with van der Waals surface area (Å²) in [6, 6.07) is 12.4. The molecule has 0 bridgehead atoms. The number of ether oxygens (including phenoxy) is 1. The van der Waals surface area contributed by atoms with Gasteiger partial charge in [0.05, 0.1) is 19.2 Å². The van der Waals surface area contributed by atoms with E-state index in [0.717, 1.165) is 16.5 Å². The van der Waals surface area contributed by atoms with Crippen LogP contribution >= 0.6 is 11.6 Å². The Hall–Kier alpha value is -3.65. The molecule has 32 heavy (non-hydrogen) atoms. The fraction of sp³-hybridized carbons (Fsp3) is 0.217. The molecule has 9 heteroatoms. The number of benzene rings is 2. The van der Waals surface area contributed by atoms with Crippen LogP contribution in [0, 0.1) is 0 Å². The minimum atomic E-state index is -1.29. The minimum Gasteiger partial charge on any atom is -0.497 e. The summed E-state index contributed by atoms with van der Waals surface area (Å²) < 4.78 is 5.13. The first-order valence-electron chi connectivity index (χ1n) is 9.77. The summed E-state index contributed by atoms with van der Waals surface area (Å²) in [4.78, 5) is 51.6. The van der Waals surface area contributed by atoms with Gasteiger partial charge in [0.25, 0.3) is 5.91 Å². The van der Waals surface area contributed by atoms with Gasteiger partial charge in [0.15, 0.2) is 0 Å². The molecule has 0 radical (unpaired) electrons. The molecule has 1 unspecified atom stereocenters. The third-order valence-electron chi connectivity index (χ3n) is 5.04. The number of carbonyl (C=O) groups is 4. The quantitative estimate of drug-likeness (QED) is 0.483. The lowest BCUT2D eigenvalue weighted by Gasteiger charge is -2.26. The number of methoxy groups -OCH3 is 1. The van der Waals surface area contributed by atoms with Gasteiger partial charge in [0.1, 0.15) is 11.8 Å². The molecule has 0 aromatic heterocycles. The van der Waals surface area contributed by atoms with Crippen LogP contribution in [0.1, 0.15) is 12.0 Å². The smallest absolute Gasteiger partial charge is 0.328 e. The average molecular weight is 457 g/mol. The molecule has 1 atom stereocenters. The van der Waals surface area contributed by atoms with Crippen LogP contribution in [-0.2, 0) is 25.6 Å². The molecule has 0 spiro atoms. The molecule has 0 aliphatic carbocycles. The van der Waals surface area contributed by atoms with Crippen LogP contribution in [-0.4, -0.2) is 53.4 Å². The molecule has 2 aromatic rings. The lowest BCUT2D eigenvalue weighted by atomic mass is 10.1. The van der Waals surface area contributed by atoms with E-state index in [1.165, 1.54) is 4.90 Å². The molecule has 3 rings (SSSR count). The monoisotopic (exact) mass is 456 g/mol. The molecule has 0 saturated carbocycles. The lowest BCUT2D eigenvalue weighted by Crippen LogP contribution is -2.45. The van der Waals surface area contributed by atoms with Crippen LogP contribution in [0.2, 0.25) is 5.02 Å². The number of carboxylic acid groups (broad SMARTS) is 1. The van der Waals surface area contributed by atoms with Crippen molar-refractivity contribution in [1.29, 1.82) is 0 Å². The van der Waals surface area contributed by atoms with E-state index < -0.39 is 29.7 Å². The van der Waals surface area contributed by atoms with Crippen molar-refractivity contribution in [2.75, 3.05) is 18.6 Å². The Labute approximate surface area is 189 Å². The second-order valence-electron chi connectivity index (χ2n) is 7.07. The summed E-state index contributed by atoms with van der Waals surface area (Å²) in [5.74, 6) is -2.27. The van der Waals surface area contributed by atoms with Crippen LogP contribution in [0.25, 0.3) is 0 Å². The van der Waals surface area contributed by atoms with Gasteiger partial charge in [-0.3, -0.25) is 14.4 Å². The molecular formula is C23H21ClN2O6. The molecule has 1 fully saturated rings. The van der Waals surface area contributed by atoms with Crippen molar-refractivity contribution in [3.8, 4) is 5.75 Å². The first-order valence-corrected chi connectivity index (χ1v) is 10.1. The number of rotatable bonds is 8. The Morgan fingerprint density at radius 1 is 1.12 bits per heavy atom. The summed E-state index contributed by atoms with van der Waals surface area (Å²) >= 11 is 5.89. The van der Waals surface area contributed by atoms with Gasteiger partial charge in [-0.25, -0.2) is 9.69 Å². The largest absolute Gasteiger partial charge is 0.497 e. The van der Waals surface area contributed by atoms with Gasteiger partial charge >= 0.3 is 5.97 Å². The normalized spacial score (nSPS) is 15.9. The Morgan fingerprint density at radius 3 is 2.38 bits per heavy atom. The van der Waals surface area contributed by atoms with E-state index in [2.05, 4.69) is 0 Å². The Morgan fingerprint density at radius 2 is 1.78 bits per heavy atom. The summed E-state index contributed by atoms with van der Waals surface area (Å²) in [5.41, 5.74) is 1.24. The van der Waals surface area contributed by atoms with Crippen molar-refractivity contribution in [2.24, 2.45) is 0 Å². The highest BCUT2D eigenvalue weighted by Crippen LogP contribution is 2.27. The van der Waals surface area contributed by atoms with E-state index >= 15 is 0 Å². The minimum absolute atomic E-state index is 0.118. The van der Waals surface area contributed by atoms with Gasteiger partial charge < -0.3 is 14.7 Å². The molecular weight excluding hydrogens is 436 g/mol. The van der Waals surface area contributed by atoms with Crippen molar-refractivity contribution in [2.45, 2.75) is 18.9 Å². The average Bonchev–Trinajstić information content (AvgIpc) is 3.07. The molecule has 1 saturated heterocycles. The predicted molar refractivity (Wildman–Crippen MR) is 118 cm³/mol. The molecule has 1 heterocycles. The molecule has 1 N–H and O–H groups in total. The fourth-order valence-electron chi connectivity index (χ4n) is 3.42. The summed E-state index contributed by atoms with van der Waals surface area (Å²) in [5, 5.41) is 9.32. The van der Waals surface area contributed by atoms with E-state index in [9.17, 15) is 19.2 Å².